The van der Waals surface area contributed by atoms with Crippen LogP contribution in [0.2, 0.25) is 5.02 Å². The van der Waals surface area contributed by atoms with Crippen molar-refractivity contribution in [2.75, 3.05) is 23.9 Å². The summed E-state index contributed by atoms with van der Waals surface area (Å²) in [5.41, 5.74) is 2.15. The molecule has 1 aliphatic rings. The Morgan fingerprint density at radius 1 is 1.27 bits per heavy atom. The predicted molar refractivity (Wildman–Crippen MR) is 104 cm³/mol. The molecule has 2 amide bonds. The molecule has 1 heterocycles. The number of benzene rings is 2. The highest BCUT2D eigenvalue weighted by molar-refractivity contribution is 6.30. The van der Waals surface area contributed by atoms with Gasteiger partial charge in [0, 0.05) is 41.0 Å². The summed E-state index contributed by atoms with van der Waals surface area (Å²) in [7, 11) is 1.56. The molecule has 6 heteroatoms. The molecule has 1 saturated heterocycles. The van der Waals surface area contributed by atoms with Gasteiger partial charge in [0.05, 0.1) is 7.11 Å². The third-order valence-electron chi connectivity index (χ3n) is 4.10. The fourth-order valence-corrected chi connectivity index (χ4v) is 3.04. The molecule has 0 atom stereocenters. The van der Waals surface area contributed by atoms with Gasteiger partial charge in [-0.3, -0.25) is 9.59 Å². The first kappa shape index (κ1) is 18.0. The number of nitrogens with one attached hydrogen (secondary N) is 1. The first-order valence-corrected chi connectivity index (χ1v) is 8.67. The molecule has 1 N–H and O–H groups in total. The van der Waals surface area contributed by atoms with Gasteiger partial charge in [-0.15, -0.1) is 0 Å². The normalized spacial score (nSPS) is 14.1. The lowest BCUT2D eigenvalue weighted by molar-refractivity contribution is -0.117. The van der Waals surface area contributed by atoms with E-state index in [-0.39, 0.29) is 11.8 Å². The van der Waals surface area contributed by atoms with Gasteiger partial charge >= 0.3 is 0 Å². The summed E-state index contributed by atoms with van der Waals surface area (Å²) in [4.78, 5) is 25.8. The maximum Gasteiger partial charge on any atom is 0.248 e. The number of ether oxygens (including phenoxy) is 1. The summed E-state index contributed by atoms with van der Waals surface area (Å²) in [6.07, 6.45) is 4.50. The molecular formula is C20H19ClN2O3. The zero-order valence-corrected chi connectivity index (χ0v) is 15.1. The average molecular weight is 371 g/mol. The van der Waals surface area contributed by atoms with Crippen molar-refractivity contribution >= 4 is 40.9 Å². The van der Waals surface area contributed by atoms with Gasteiger partial charge in [-0.2, -0.15) is 0 Å². The van der Waals surface area contributed by atoms with Crippen LogP contribution < -0.4 is 15.0 Å². The molecule has 1 aliphatic heterocycles. The number of halogens is 1. The molecule has 0 aromatic heterocycles. The summed E-state index contributed by atoms with van der Waals surface area (Å²) in [6, 6.07) is 12.5. The zero-order chi connectivity index (χ0) is 18.5. The van der Waals surface area contributed by atoms with Crippen molar-refractivity contribution in [3.63, 3.8) is 0 Å². The molecule has 3 rings (SSSR count). The monoisotopic (exact) mass is 370 g/mol. The van der Waals surface area contributed by atoms with Crippen molar-refractivity contribution in [2.24, 2.45) is 0 Å². The molecule has 0 unspecified atom stereocenters. The summed E-state index contributed by atoms with van der Waals surface area (Å²) in [5.74, 6) is 0.464. The van der Waals surface area contributed by atoms with Crippen LogP contribution in [0.15, 0.2) is 48.5 Å². The predicted octanol–water partition coefficient (Wildman–Crippen LogP) is 4.13. The Kier molecular flexibility index (Phi) is 5.58. The molecular weight excluding hydrogens is 352 g/mol. The molecule has 26 heavy (non-hydrogen) atoms. The fraction of sp³-hybridized carbons (Fsp3) is 0.200. The number of carbonyl (C=O) groups excluding carboxylic acids is 2. The fourth-order valence-electron chi connectivity index (χ4n) is 2.86. The minimum atomic E-state index is -0.281. The average Bonchev–Trinajstić information content (AvgIpc) is 3.06. The minimum absolute atomic E-state index is 0.112. The minimum Gasteiger partial charge on any atom is -0.496 e. The van der Waals surface area contributed by atoms with Crippen LogP contribution in [-0.2, 0) is 9.59 Å². The largest absolute Gasteiger partial charge is 0.496 e. The first-order valence-electron chi connectivity index (χ1n) is 8.30. The topological polar surface area (TPSA) is 58.6 Å². The Balaban J connectivity index is 1.70. The SMILES string of the molecule is COc1ccc(Cl)cc1/C=C/C(=O)Nc1cccc(N2CCCC2=O)c1. The molecule has 0 radical (unpaired) electrons. The number of nitrogens with zero attached hydrogens (tertiary/aromatic N) is 1. The van der Waals surface area contributed by atoms with Crippen LogP contribution in [0.1, 0.15) is 18.4 Å². The highest BCUT2D eigenvalue weighted by Crippen LogP contribution is 2.25. The number of hydrogen-bond acceptors (Lipinski definition) is 3. The second-order valence-electron chi connectivity index (χ2n) is 5.91. The molecule has 2 aromatic rings. The van der Waals surface area contributed by atoms with Crippen molar-refractivity contribution in [2.45, 2.75) is 12.8 Å². The van der Waals surface area contributed by atoms with Crippen LogP contribution >= 0.6 is 11.6 Å². The number of rotatable bonds is 5. The van der Waals surface area contributed by atoms with E-state index in [4.69, 9.17) is 16.3 Å². The lowest BCUT2D eigenvalue weighted by Gasteiger charge is -2.16. The van der Waals surface area contributed by atoms with E-state index < -0.39 is 0 Å². The summed E-state index contributed by atoms with van der Waals surface area (Å²) in [5, 5.41) is 3.37. The third kappa shape index (κ3) is 4.24. The number of carbonyl (C=O) groups is 2. The molecule has 134 valence electrons. The Morgan fingerprint density at radius 3 is 2.85 bits per heavy atom. The van der Waals surface area contributed by atoms with Crippen LogP contribution in [0, 0.1) is 0 Å². The highest BCUT2D eigenvalue weighted by atomic mass is 35.5. The van der Waals surface area contributed by atoms with Crippen LogP contribution in [0.3, 0.4) is 0 Å². The lowest BCUT2D eigenvalue weighted by atomic mass is 10.2. The van der Waals surface area contributed by atoms with Crippen LogP contribution in [0.5, 0.6) is 5.75 Å². The Hall–Kier alpha value is -2.79. The van der Waals surface area contributed by atoms with Gasteiger partial charge in [-0.1, -0.05) is 17.7 Å². The Labute approximate surface area is 157 Å². The standard InChI is InChI=1S/C20H19ClN2O3/c1-26-18-9-8-15(21)12-14(18)7-10-19(24)22-16-4-2-5-17(13-16)23-11-3-6-20(23)25/h2,4-5,7-10,12-13H,3,6,11H2,1H3,(H,22,24)/b10-7+. The molecule has 2 aromatic carbocycles. The van der Waals surface area contributed by atoms with Gasteiger partial charge < -0.3 is 15.0 Å². The van der Waals surface area contributed by atoms with Gasteiger partial charge in [0.1, 0.15) is 5.75 Å². The quantitative estimate of drug-likeness (QED) is 0.805. The maximum absolute atomic E-state index is 12.2. The van der Waals surface area contributed by atoms with E-state index in [0.29, 0.717) is 35.0 Å². The molecule has 1 fully saturated rings. The summed E-state index contributed by atoms with van der Waals surface area (Å²) in [6.45, 7) is 0.713. The molecule has 0 spiro atoms. The van der Waals surface area contributed by atoms with Crippen molar-refractivity contribution in [1.82, 2.24) is 0 Å². The van der Waals surface area contributed by atoms with E-state index in [1.807, 2.05) is 12.1 Å². The Morgan fingerprint density at radius 2 is 2.12 bits per heavy atom. The van der Waals surface area contributed by atoms with Crippen molar-refractivity contribution in [3.8, 4) is 5.75 Å². The molecule has 5 nitrogen and oxygen atoms in total. The van der Waals surface area contributed by atoms with E-state index in [1.54, 1.807) is 48.4 Å². The second kappa shape index (κ2) is 8.06. The van der Waals surface area contributed by atoms with Crippen LogP contribution in [0.4, 0.5) is 11.4 Å². The molecule has 0 bridgehead atoms. The van der Waals surface area contributed by atoms with Crippen molar-refractivity contribution < 1.29 is 14.3 Å². The number of anilines is 2. The zero-order valence-electron chi connectivity index (χ0n) is 14.4. The van der Waals surface area contributed by atoms with Crippen molar-refractivity contribution in [1.29, 1.82) is 0 Å². The van der Waals surface area contributed by atoms with Gasteiger partial charge in [0.2, 0.25) is 11.8 Å². The molecule has 0 saturated carbocycles. The van der Waals surface area contributed by atoms with E-state index in [1.165, 1.54) is 6.08 Å². The first-order chi connectivity index (χ1) is 12.6. The van der Waals surface area contributed by atoms with Crippen molar-refractivity contribution in [3.05, 3.63) is 59.1 Å². The van der Waals surface area contributed by atoms with Gasteiger partial charge in [-0.05, 0) is 48.9 Å². The van der Waals surface area contributed by atoms with Gasteiger partial charge in [-0.25, -0.2) is 0 Å². The maximum atomic E-state index is 12.2. The van der Waals surface area contributed by atoms with E-state index in [0.717, 1.165) is 12.1 Å². The smallest absolute Gasteiger partial charge is 0.248 e. The van der Waals surface area contributed by atoms with Gasteiger partial charge in [0.25, 0.3) is 0 Å². The Bertz CT molecular complexity index is 864. The van der Waals surface area contributed by atoms with Crippen LogP contribution in [0.25, 0.3) is 6.08 Å². The summed E-state index contributed by atoms with van der Waals surface area (Å²) >= 11 is 5.99. The van der Waals surface area contributed by atoms with E-state index in [9.17, 15) is 9.59 Å². The molecule has 0 aliphatic carbocycles. The highest BCUT2D eigenvalue weighted by Gasteiger charge is 2.21. The van der Waals surface area contributed by atoms with Gasteiger partial charge in [0.15, 0.2) is 0 Å². The van der Waals surface area contributed by atoms with Crippen LogP contribution in [-0.4, -0.2) is 25.5 Å². The number of hydrogen-bond donors (Lipinski definition) is 1. The number of amides is 2. The van der Waals surface area contributed by atoms with E-state index in [2.05, 4.69) is 5.32 Å². The number of methoxy groups -OCH3 is 1. The summed E-state index contributed by atoms with van der Waals surface area (Å²) < 4.78 is 5.25. The lowest BCUT2D eigenvalue weighted by Crippen LogP contribution is -2.23. The third-order valence-corrected chi connectivity index (χ3v) is 4.34. The van der Waals surface area contributed by atoms with E-state index >= 15 is 0 Å². The second-order valence-corrected chi connectivity index (χ2v) is 6.34.